The fourth-order valence-corrected chi connectivity index (χ4v) is 3.64. The lowest BCUT2D eigenvalue weighted by atomic mass is 9.67. The molecule has 3 N–H and O–H groups in total. The molecule has 6 heteroatoms. The third-order valence-electron chi connectivity index (χ3n) is 4.95. The first-order valence-electron chi connectivity index (χ1n) is 7.69. The number of hydrogen-bond acceptors (Lipinski definition) is 6. The van der Waals surface area contributed by atoms with E-state index in [0.717, 1.165) is 24.5 Å². The molecule has 2 heterocycles. The number of aromatic nitrogens is 2. The van der Waals surface area contributed by atoms with Gasteiger partial charge in [-0.25, -0.2) is 9.97 Å². The zero-order valence-corrected chi connectivity index (χ0v) is 12.8. The molecule has 0 radical (unpaired) electrons. The molecule has 2 fully saturated rings. The Morgan fingerprint density at radius 2 is 1.86 bits per heavy atom. The summed E-state index contributed by atoms with van der Waals surface area (Å²) in [7, 11) is 1.83. The highest BCUT2D eigenvalue weighted by Gasteiger charge is 2.54. The van der Waals surface area contributed by atoms with Gasteiger partial charge in [0.25, 0.3) is 0 Å². The number of hydrogen-bond donors (Lipinski definition) is 3. The Kier molecular flexibility index (Phi) is 3.53. The predicted octanol–water partition coefficient (Wildman–Crippen LogP) is 1.07. The van der Waals surface area contributed by atoms with E-state index < -0.39 is 11.2 Å². The smallest absolute Gasteiger partial charge is 0.134 e. The molecule has 0 spiro atoms. The van der Waals surface area contributed by atoms with Gasteiger partial charge >= 0.3 is 0 Å². The first kappa shape index (κ1) is 14.5. The van der Waals surface area contributed by atoms with E-state index >= 15 is 0 Å². The van der Waals surface area contributed by atoms with Crippen molar-refractivity contribution in [1.82, 2.24) is 9.97 Å². The number of piperidine rings is 1. The van der Waals surface area contributed by atoms with Crippen LogP contribution in [-0.4, -0.2) is 51.5 Å². The van der Waals surface area contributed by atoms with Gasteiger partial charge in [0, 0.05) is 19.7 Å². The molecule has 0 unspecified atom stereocenters. The largest absolute Gasteiger partial charge is 0.387 e. The summed E-state index contributed by atoms with van der Waals surface area (Å²) in [5.41, 5.74) is -1.96. The van der Waals surface area contributed by atoms with Crippen molar-refractivity contribution in [3.63, 3.8) is 0 Å². The SMILES string of the molecule is CNc1cc(N2CC[C@@]3(O)CCCC[C@@]3(O)C2)nc(C)n1. The molecule has 1 saturated heterocycles. The van der Waals surface area contributed by atoms with Crippen LogP contribution in [-0.2, 0) is 0 Å². The Balaban J connectivity index is 1.87. The van der Waals surface area contributed by atoms with Crippen LogP contribution >= 0.6 is 0 Å². The lowest BCUT2D eigenvalue weighted by Crippen LogP contribution is -2.66. The van der Waals surface area contributed by atoms with Crippen molar-refractivity contribution in [1.29, 1.82) is 0 Å². The summed E-state index contributed by atoms with van der Waals surface area (Å²) < 4.78 is 0. The first-order chi connectivity index (χ1) is 9.96. The van der Waals surface area contributed by atoms with Crippen molar-refractivity contribution in [2.45, 2.75) is 50.2 Å². The molecule has 21 heavy (non-hydrogen) atoms. The van der Waals surface area contributed by atoms with Crippen LogP contribution in [0.3, 0.4) is 0 Å². The summed E-state index contributed by atoms with van der Waals surface area (Å²) in [5, 5.41) is 24.7. The van der Waals surface area contributed by atoms with Crippen molar-refractivity contribution in [3.05, 3.63) is 11.9 Å². The standard InChI is InChI=1S/C15H24N4O2/c1-11-17-12(16-2)9-13(18-11)19-8-7-14(20)5-3-4-6-15(14,21)10-19/h9,20-21H,3-8,10H2,1-2H3,(H,16,17,18)/t14-,15+/m0/s1. The first-order valence-corrected chi connectivity index (χ1v) is 7.69. The van der Waals surface area contributed by atoms with Gasteiger partial charge in [-0.1, -0.05) is 12.8 Å². The predicted molar refractivity (Wildman–Crippen MR) is 81.5 cm³/mol. The molecule has 1 aromatic heterocycles. The third-order valence-corrected chi connectivity index (χ3v) is 4.95. The number of fused-ring (bicyclic) bond motifs is 1. The van der Waals surface area contributed by atoms with Gasteiger partial charge in [0.1, 0.15) is 23.1 Å². The van der Waals surface area contributed by atoms with Gasteiger partial charge in [-0.05, 0) is 26.2 Å². The van der Waals surface area contributed by atoms with Crippen molar-refractivity contribution >= 4 is 11.6 Å². The van der Waals surface area contributed by atoms with Crippen molar-refractivity contribution in [3.8, 4) is 0 Å². The number of aliphatic hydroxyl groups is 2. The summed E-state index contributed by atoms with van der Waals surface area (Å²) in [6.45, 7) is 3.00. The van der Waals surface area contributed by atoms with Gasteiger partial charge < -0.3 is 20.4 Å². The minimum Gasteiger partial charge on any atom is -0.387 e. The Bertz CT molecular complexity index is 538. The molecule has 3 rings (SSSR count). The van der Waals surface area contributed by atoms with Gasteiger partial charge in [0.15, 0.2) is 0 Å². The summed E-state index contributed by atoms with van der Waals surface area (Å²) in [5.74, 6) is 2.29. The monoisotopic (exact) mass is 292 g/mol. The summed E-state index contributed by atoms with van der Waals surface area (Å²) in [6.07, 6.45) is 3.90. The molecule has 1 aromatic rings. The second-order valence-corrected chi connectivity index (χ2v) is 6.35. The van der Waals surface area contributed by atoms with Crippen molar-refractivity contribution < 1.29 is 10.2 Å². The molecule has 1 aliphatic heterocycles. The fraction of sp³-hybridized carbons (Fsp3) is 0.733. The van der Waals surface area contributed by atoms with Crippen LogP contribution in [0.5, 0.6) is 0 Å². The molecular formula is C15H24N4O2. The Morgan fingerprint density at radius 1 is 1.14 bits per heavy atom. The van der Waals surface area contributed by atoms with Crippen LogP contribution in [0.2, 0.25) is 0 Å². The quantitative estimate of drug-likeness (QED) is 0.756. The van der Waals surface area contributed by atoms with Crippen molar-refractivity contribution in [2.75, 3.05) is 30.4 Å². The van der Waals surface area contributed by atoms with Crippen LogP contribution in [0.15, 0.2) is 6.07 Å². The number of aryl methyl sites for hydroxylation is 1. The third kappa shape index (κ3) is 2.46. The van der Waals surface area contributed by atoms with Crippen LogP contribution in [0.1, 0.15) is 37.9 Å². The molecule has 2 atom stereocenters. The zero-order valence-electron chi connectivity index (χ0n) is 12.8. The second kappa shape index (κ2) is 5.10. The molecule has 0 bridgehead atoms. The maximum atomic E-state index is 10.9. The van der Waals surface area contributed by atoms with Crippen LogP contribution in [0, 0.1) is 6.92 Å². The maximum Gasteiger partial charge on any atom is 0.134 e. The minimum atomic E-state index is -1.03. The van der Waals surface area contributed by atoms with Gasteiger partial charge in [-0.3, -0.25) is 0 Å². The number of anilines is 2. The van der Waals surface area contributed by atoms with E-state index in [1.165, 1.54) is 0 Å². The lowest BCUT2D eigenvalue weighted by molar-refractivity contribution is -0.182. The van der Waals surface area contributed by atoms with Gasteiger partial charge in [0.2, 0.25) is 0 Å². The number of nitrogens with one attached hydrogen (secondary N) is 1. The minimum absolute atomic E-state index is 0.434. The molecule has 0 aromatic carbocycles. The Hall–Kier alpha value is -1.40. The molecule has 1 saturated carbocycles. The van der Waals surface area contributed by atoms with Gasteiger partial charge in [0.05, 0.1) is 12.1 Å². The summed E-state index contributed by atoms with van der Waals surface area (Å²) >= 11 is 0. The van der Waals surface area contributed by atoms with Crippen LogP contribution in [0.25, 0.3) is 0 Å². The topological polar surface area (TPSA) is 81.5 Å². The zero-order chi connectivity index (χ0) is 15.1. The van der Waals surface area contributed by atoms with E-state index in [1.807, 2.05) is 20.0 Å². The Morgan fingerprint density at radius 3 is 2.57 bits per heavy atom. The van der Waals surface area contributed by atoms with Gasteiger partial charge in [-0.2, -0.15) is 0 Å². The van der Waals surface area contributed by atoms with E-state index in [1.54, 1.807) is 0 Å². The maximum absolute atomic E-state index is 10.9. The van der Waals surface area contributed by atoms with E-state index in [9.17, 15) is 10.2 Å². The summed E-state index contributed by atoms with van der Waals surface area (Å²) in [6, 6.07) is 1.89. The number of β-amino-alcohol motifs (C(OH)–C–C–N with tert-alkyl or cyclic N) is 1. The van der Waals surface area contributed by atoms with E-state index in [2.05, 4.69) is 20.2 Å². The highest BCUT2D eigenvalue weighted by Crippen LogP contribution is 2.43. The van der Waals surface area contributed by atoms with Gasteiger partial charge in [-0.15, -0.1) is 0 Å². The molecule has 116 valence electrons. The highest BCUT2D eigenvalue weighted by atomic mass is 16.4. The van der Waals surface area contributed by atoms with Crippen LogP contribution < -0.4 is 10.2 Å². The number of rotatable bonds is 2. The number of nitrogens with zero attached hydrogens (tertiary/aromatic N) is 3. The highest BCUT2D eigenvalue weighted by molar-refractivity contribution is 5.50. The fourth-order valence-electron chi connectivity index (χ4n) is 3.64. The normalized spacial score (nSPS) is 32.7. The molecule has 6 nitrogen and oxygen atoms in total. The van der Waals surface area contributed by atoms with Crippen molar-refractivity contribution in [2.24, 2.45) is 0 Å². The molecule has 0 amide bonds. The van der Waals surface area contributed by atoms with E-state index in [4.69, 9.17) is 0 Å². The molecule has 2 aliphatic rings. The Labute approximate surface area is 125 Å². The average Bonchev–Trinajstić information content (AvgIpc) is 2.46. The van der Waals surface area contributed by atoms with E-state index in [-0.39, 0.29) is 0 Å². The lowest BCUT2D eigenvalue weighted by Gasteiger charge is -2.53. The second-order valence-electron chi connectivity index (χ2n) is 6.35. The van der Waals surface area contributed by atoms with Crippen LogP contribution in [0.4, 0.5) is 11.6 Å². The summed E-state index contributed by atoms with van der Waals surface area (Å²) in [4.78, 5) is 10.8. The molecule has 1 aliphatic carbocycles. The molecular weight excluding hydrogens is 268 g/mol. The van der Waals surface area contributed by atoms with E-state index in [0.29, 0.717) is 38.2 Å². The average molecular weight is 292 g/mol.